The van der Waals surface area contributed by atoms with Crippen LogP contribution in [0.2, 0.25) is 0 Å². The lowest BCUT2D eigenvalue weighted by atomic mass is 10.0. The molecule has 170 valence electrons. The first-order chi connectivity index (χ1) is 15.3. The molecule has 0 aliphatic carbocycles. The number of hydrogen-bond donors (Lipinski definition) is 2. The van der Waals surface area contributed by atoms with Crippen molar-refractivity contribution in [2.45, 2.75) is 24.8 Å². The number of ether oxygens (including phenoxy) is 1. The fourth-order valence-corrected chi connectivity index (χ4v) is 5.76. The van der Waals surface area contributed by atoms with E-state index in [1.807, 2.05) is 43.0 Å². The summed E-state index contributed by atoms with van der Waals surface area (Å²) in [5.74, 6) is -0.324. The van der Waals surface area contributed by atoms with E-state index in [0.717, 1.165) is 22.2 Å². The van der Waals surface area contributed by atoms with Gasteiger partial charge in [-0.15, -0.1) is 0 Å². The van der Waals surface area contributed by atoms with Crippen LogP contribution in [0.15, 0.2) is 53.4 Å². The van der Waals surface area contributed by atoms with E-state index in [9.17, 15) is 18.3 Å². The van der Waals surface area contributed by atoms with Crippen LogP contribution >= 0.6 is 0 Å². The monoisotopic (exact) mass is 457 g/mol. The molecule has 4 rings (SSSR count). The van der Waals surface area contributed by atoms with Gasteiger partial charge in [-0.25, -0.2) is 8.42 Å². The third-order valence-electron chi connectivity index (χ3n) is 5.86. The minimum absolute atomic E-state index is 0.205. The van der Waals surface area contributed by atoms with Crippen molar-refractivity contribution in [3.05, 3.63) is 59.8 Å². The van der Waals surface area contributed by atoms with Gasteiger partial charge in [0.05, 0.1) is 11.5 Å². The molecule has 3 aromatic rings. The number of fused-ring (bicyclic) bond motifs is 1. The number of aryl methyl sites for hydroxylation is 1. The Bertz CT molecular complexity index is 1210. The van der Waals surface area contributed by atoms with Crippen LogP contribution in [0.5, 0.6) is 5.75 Å². The van der Waals surface area contributed by atoms with Gasteiger partial charge in [0.1, 0.15) is 11.8 Å². The number of H-pyrrole nitrogens is 1. The third kappa shape index (κ3) is 4.11. The number of benzene rings is 2. The molecule has 1 aliphatic heterocycles. The predicted molar refractivity (Wildman–Crippen MR) is 121 cm³/mol. The SMILES string of the molecule is CCOc1ccc(S(=O)(=O)N2CCN([C@H](C(=O)O)c3c(C)[nH]c4ccccc34)CC2)cc1. The fraction of sp³-hybridized carbons (Fsp3) is 0.348. The van der Waals surface area contributed by atoms with E-state index in [0.29, 0.717) is 25.4 Å². The molecule has 9 heteroatoms. The number of carbonyl (C=O) groups is 1. The summed E-state index contributed by atoms with van der Waals surface area (Å²) < 4.78 is 32.9. The molecule has 0 unspecified atom stereocenters. The summed E-state index contributed by atoms with van der Waals surface area (Å²) in [4.78, 5) is 17.6. The lowest BCUT2D eigenvalue weighted by Gasteiger charge is -2.37. The highest BCUT2D eigenvalue weighted by atomic mass is 32.2. The van der Waals surface area contributed by atoms with E-state index in [2.05, 4.69) is 4.98 Å². The quantitative estimate of drug-likeness (QED) is 0.565. The van der Waals surface area contributed by atoms with Crippen LogP contribution in [-0.2, 0) is 14.8 Å². The highest BCUT2D eigenvalue weighted by Crippen LogP contribution is 2.33. The Morgan fingerprint density at radius 1 is 1.09 bits per heavy atom. The van der Waals surface area contributed by atoms with Crippen LogP contribution in [0.1, 0.15) is 24.2 Å². The number of piperazine rings is 1. The number of nitrogens with one attached hydrogen (secondary N) is 1. The lowest BCUT2D eigenvalue weighted by Crippen LogP contribution is -2.51. The number of rotatable bonds is 7. The third-order valence-corrected chi connectivity index (χ3v) is 7.77. The number of aromatic amines is 1. The number of carboxylic acid groups (broad SMARTS) is 1. The number of para-hydroxylation sites is 1. The maximum Gasteiger partial charge on any atom is 0.325 e. The van der Waals surface area contributed by atoms with Gasteiger partial charge in [-0.2, -0.15) is 4.31 Å². The van der Waals surface area contributed by atoms with Crippen molar-refractivity contribution in [1.82, 2.24) is 14.2 Å². The summed E-state index contributed by atoms with van der Waals surface area (Å²) in [6.45, 7) is 5.35. The van der Waals surface area contributed by atoms with E-state index < -0.39 is 22.0 Å². The van der Waals surface area contributed by atoms with Crippen LogP contribution in [0.4, 0.5) is 0 Å². The summed E-state index contributed by atoms with van der Waals surface area (Å²) >= 11 is 0. The molecule has 1 fully saturated rings. The summed E-state index contributed by atoms with van der Waals surface area (Å²) in [6.07, 6.45) is 0. The molecule has 0 saturated carbocycles. The van der Waals surface area contributed by atoms with Crippen molar-refractivity contribution in [2.24, 2.45) is 0 Å². The highest BCUT2D eigenvalue weighted by molar-refractivity contribution is 7.89. The van der Waals surface area contributed by atoms with Crippen molar-refractivity contribution >= 4 is 26.9 Å². The first-order valence-corrected chi connectivity index (χ1v) is 12.0. The lowest BCUT2D eigenvalue weighted by molar-refractivity contribution is -0.144. The molecule has 1 atom stereocenters. The molecule has 2 heterocycles. The van der Waals surface area contributed by atoms with E-state index in [4.69, 9.17) is 4.74 Å². The van der Waals surface area contributed by atoms with Crippen LogP contribution in [0.3, 0.4) is 0 Å². The van der Waals surface area contributed by atoms with E-state index >= 15 is 0 Å². The van der Waals surface area contributed by atoms with Crippen LogP contribution in [0, 0.1) is 6.92 Å². The van der Waals surface area contributed by atoms with Crippen molar-refractivity contribution < 1.29 is 23.1 Å². The molecule has 1 aromatic heterocycles. The van der Waals surface area contributed by atoms with Crippen molar-refractivity contribution in [2.75, 3.05) is 32.8 Å². The van der Waals surface area contributed by atoms with Gasteiger partial charge in [-0.05, 0) is 44.2 Å². The van der Waals surface area contributed by atoms with E-state index in [1.54, 1.807) is 24.3 Å². The van der Waals surface area contributed by atoms with Gasteiger partial charge in [0, 0.05) is 48.3 Å². The zero-order valence-electron chi connectivity index (χ0n) is 18.1. The molecule has 0 amide bonds. The average Bonchev–Trinajstić information content (AvgIpc) is 3.10. The standard InChI is InChI=1S/C23H27N3O5S/c1-3-31-17-8-10-18(11-9-17)32(29,30)26-14-12-25(13-15-26)22(23(27)28)21-16(2)24-20-7-5-4-6-19(20)21/h4-11,22,24H,3,12-15H2,1-2H3,(H,27,28)/t22-/m0/s1. The summed E-state index contributed by atoms with van der Waals surface area (Å²) in [5, 5.41) is 10.9. The molecule has 1 aliphatic rings. The van der Waals surface area contributed by atoms with E-state index in [-0.39, 0.29) is 18.0 Å². The van der Waals surface area contributed by atoms with Crippen molar-refractivity contribution in [3.63, 3.8) is 0 Å². The zero-order valence-corrected chi connectivity index (χ0v) is 18.9. The molecule has 0 radical (unpaired) electrons. The van der Waals surface area contributed by atoms with Crippen LogP contribution < -0.4 is 4.74 Å². The number of aliphatic carboxylic acids is 1. The fourth-order valence-electron chi connectivity index (χ4n) is 4.34. The number of carboxylic acids is 1. The molecule has 8 nitrogen and oxygen atoms in total. The van der Waals surface area contributed by atoms with Gasteiger partial charge >= 0.3 is 5.97 Å². The summed E-state index contributed by atoms with van der Waals surface area (Å²) in [7, 11) is -3.66. The van der Waals surface area contributed by atoms with Gasteiger partial charge in [0.2, 0.25) is 10.0 Å². The number of sulfonamides is 1. The minimum atomic E-state index is -3.66. The van der Waals surface area contributed by atoms with Gasteiger partial charge in [0.15, 0.2) is 0 Å². The first-order valence-electron chi connectivity index (χ1n) is 10.6. The second-order valence-electron chi connectivity index (χ2n) is 7.79. The first kappa shape index (κ1) is 22.3. The second-order valence-corrected chi connectivity index (χ2v) is 9.73. The summed E-state index contributed by atoms with van der Waals surface area (Å²) in [5.41, 5.74) is 2.43. The van der Waals surface area contributed by atoms with Gasteiger partial charge in [0.25, 0.3) is 0 Å². The topological polar surface area (TPSA) is 103 Å². The zero-order chi connectivity index (χ0) is 22.9. The molecule has 0 spiro atoms. The Balaban J connectivity index is 1.53. The maximum atomic E-state index is 13.1. The minimum Gasteiger partial charge on any atom is -0.494 e. The Hall–Kier alpha value is -2.88. The highest BCUT2D eigenvalue weighted by Gasteiger charge is 2.36. The number of hydrogen-bond acceptors (Lipinski definition) is 5. The Labute approximate surface area is 187 Å². The van der Waals surface area contributed by atoms with Crippen LogP contribution in [0.25, 0.3) is 10.9 Å². The molecule has 2 N–H and O–H groups in total. The molecule has 2 aromatic carbocycles. The normalized spacial score (nSPS) is 16.8. The maximum absolute atomic E-state index is 13.1. The van der Waals surface area contributed by atoms with Crippen molar-refractivity contribution in [1.29, 1.82) is 0 Å². The largest absolute Gasteiger partial charge is 0.494 e. The molecule has 1 saturated heterocycles. The molecular weight excluding hydrogens is 430 g/mol. The molecular formula is C23H27N3O5S. The smallest absolute Gasteiger partial charge is 0.325 e. The second kappa shape index (κ2) is 8.93. The van der Waals surface area contributed by atoms with Gasteiger partial charge < -0.3 is 14.8 Å². The molecule has 32 heavy (non-hydrogen) atoms. The van der Waals surface area contributed by atoms with Crippen LogP contribution in [-0.4, -0.2) is 66.5 Å². The predicted octanol–water partition coefficient (Wildman–Crippen LogP) is 3.01. The average molecular weight is 458 g/mol. The van der Waals surface area contributed by atoms with E-state index in [1.165, 1.54) is 4.31 Å². The molecule has 0 bridgehead atoms. The number of nitrogens with zero attached hydrogens (tertiary/aromatic N) is 2. The van der Waals surface area contributed by atoms with Crippen molar-refractivity contribution in [3.8, 4) is 5.75 Å². The van der Waals surface area contributed by atoms with Gasteiger partial charge in [-0.3, -0.25) is 9.69 Å². The Morgan fingerprint density at radius 3 is 2.38 bits per heavy atom. The number of aromatic nitrogens is 1. The van der Waals surface area contributed by atoms with Gasteiger partial charge in [-0.1, -0.05) is 18.2 Å². The Morgan fingerprint density at radius 2 is 1.75 bits per heavy atom. The summed E-state index contributed by atoms with van der Waals surface area (Å²) in [6, 6.07) is 13.2. The Kier molecular flexibility index (Phi) is 6.23.